The first kappa shape index (κ1) is 21.6. The molecule has 1 atom stereocenters. The zero-order chi connectivity index (χ0) is 20.4. The molecule has 150 valence electrons. The Balaban J connectivity index is 2.27. The van der Waals surface area contributed by atoms with E-state index in [4.69, 9.17) is 4.74 Å². The smallest absolute Gasteiger partial charge is 0.410 e. The summed E-state index contributed by atoms with van der Waals surface area (Å²) in [4.78, 5) is 25.2. The van der Waals surface area contributed by atoms with Crippen LogP contribution in [-0.2, 0) is 24.9 Å². The molecule has 1 aliphatic heterocycles. The third-order valence-corrected chi connectivity index (χ3v) is 6.48. The molecule has 8 nitrogen and oxygen atoms in total. The van der Waals surface area contributed by atoms with Gasteiger partial charge >= 0.3 is 12.1 Å². The Labute approximate surface area is 167 Å². The minimum atomic E-state index is -4.02. The highest BCUT2D eigenvalue weighted by Gasteiger charge is 2.42. The number of piperazine rings is 1. The molecule has 1 aliphatic rings. The number of carbonyl (C=O) groups is 2. The summed E-state index contributed by atoms with van der Waals surface area (Å²) in [5.41, 5.74) is 0.0325. The van der Waals surface area contributed by atoms with Crippen LogP contribution in [0.4, 0.5) is 4.79 Å². The molecule has 0 radical (unpaired) electrons. The second kappa shape index (κ2) is 8.15. The first-order valence-electron chi connectivity index (χ1n) is 8.33. The molecule has 1 amide bonds. The quantitative estimate of drug-likeness (QED) is 0.688. The number of ether oxygens (including phenoxy) is 1. The van der Waals surface area contributed by atoms with Crippen LogP contribution >= 0.6 is 15.9 Å². The zero-order valence-corrected chi connectivity index (χ0v) is 17.8. The second-order valence-corrected chi connectivity index (χ2v) is 9.63. The molecule has 27 heavy (non-hydrogen) atoms. The van der Waals surface area contributed by atoms with Gasteiger partial charge in [-0.05, 0) is 38.5 Å². The van der Waals surface area contributed by atoms with Crippen molar-refractivity contribution in [1.82, 2.24) is 9.21 Å². The number of hydrogen-bond acceptors (Lipinski definition) is 5. The molecule has 0 saturated carbocycles. The number of nitrogens with zero attached hydrogens (tertiary/aromatic N) is 2. The van der Waals surface area contributed by atoms with Crippen molar-refractivity contribution in [2.75, 3.05) is 19.6 Å². The Hall–Kier alpha value is -1.65. The maximum atomic E-state index is 13.0. The predicted octanol–water partition coefficient (Wildman–Crippen LogP) is 2.28. The van der Waals surface area contributed by atoms with Crippen LogP contribution in [0.15, 0.2) is 29.2 Å². The molecule has 0 spiro atoms. The monoisotopic (exact) mass is 462 g/mol. The van der Waals surface area contributed by atoms with Crippen molar-refractivity contribution < 1.29 is 27.9 Å². The van der Waals surface area contributed by atoms with Gasteiger partial charge in [0.15, 0.2) is 0 Å². The lowest BCUT2D eigenvalue weighted by Crippen LogP contribution is -2.59. The van der Waals surface area contributed by atoms with Gasteiger partial charge in [-0.15, -0.1) is 0 Å². The first-order valence-corrected chi connectivity index (χ1v) is 10.9. The Kier molecular flexibility index (Phi) is 6.54. The number of alkyl halides is 1. The van der Waals surface area contributed by atoms with Crippen LogP contribution in [0.25, 0.3) is 0 Å². The molecule has 10 heteroatoms. The van der Waals surface area contributed by atoms with Crippen molar-refractivity contribution in [3.63, 3.8) is 0 Å². The van der Waals surface area contributed by atoms with Crippen molar-refractivity contribution >= 4 is 38.0 Å². The predicted molar refractivity (Wildman–Crippen MR) is 102 cm³/mol. The van der Waals surface area contributed by atoms with Gasteiger partial charge < -0.3 is 14.7 Å². The van der Waals surface area contributed by atoms with E-state index in [1.165, 1.54) is 17.0 Å². The number of carbonyl (C=O) groups excluding carboxylic acids is 1. The zero-order valence-electron chi connectivity index (χ0n) is 15.4. The van der Waals surface area contributed by atoms with Gasteiger partial charge in [0, 0.05) is 18.4 Å². The van der Waals surface area contributed by atoms with Gasteiger partial charge in [-0.3, -0.25) is 4.79 Å². The highest BCUT2D eigenvalue weighted by Crippen LogP contribution is 2.24. The number of benzene rings is 1. The van der Waals surface area contributed by atoms with E-state index in [2.05, 4.69) is 15.9 Å². The minimum absolute atomic E-state index is 0.0245. The third-order valence-electron chi connectivity index (χ3n) is 3.93. The Morgan fingerprint density at radius 3 is 2.52 bits per heavy atom. The van der Waals surface area contributed by atoms with Gasteiger partial charge in [-0.2, -0.15) is 4.31 Å². The fourth-order valence-corrected chi connectivity index (χ4v) is 4.66. The van der Waals surface area contributed by atoms with E-state index in [0.29, 0.717) is 5.33 Å². The molecule has 1 N–H and O–H groups in total. The van der Waals surface area contributed by atoms with Gasteiger partial charge in [-0.1, -0.05) is 28.1 Å². The van der Waals surface area contributed by atoms with Crippen LogP contribution in [0, 0.1) is 0 Å². The lowest BCUT2D eigenvalue weighted by Gasteiger charge is -2.38. The largest absolute Gasteiger partial charge is 0.480 e. The molecule has 1 saturated heterocycles. The highest BCUT2D eigenvalue weighted by atomic mass is 79.9. The van der Waals surface area contributed by atoms with Crippen LogP contribution in [0.2, 0.25) is 0 Å². The molecule has 1 aromatic carbocycles. The van der Waals surface area contributed by atoms with E-state index in [9.17, 15) is 23.1 Å². The van der Waals surface area contributed by atoms with E-state index in [0.717, 1.165) is 9.87 Å². The number of carboxylic acids is 1. The summed E-state index contributed by atoms with van der Waals surface area (Å²) in [5.74, 6) is -1.32. The molecule has 0 aliphatic carbocycles. The minimum Gasteiger partial charge on any atom is -0.480 e. The summed E-state index contributed by atoms with van der Waals surface area (Å²) in [7, 11) is -4.02. The average molecular weight is 463 g/mol. The number of hydrogen-bond donors (Lipinski definition) is 1. The lowest BCUT2D eigenvalue weighted by molar-refractivity contribution is -0.143. The molecule has 1 heterocycles. The van der Waals surface area contributed by atoms with Gasteiger partial charge in [0.2, 0.25) is 10.0 Å². The number of aliphatic carboxylic acids is 1. The maximum absolute atomic E-state index is 13.0. The van der Waals surface area contributed by atoms with Gasteiger partial charge in [-0.25, -0.2) is 13.2 Å². The molecule has 1 fully saturated rings. The SMILES string of the molecule is CC(C)(C)OC(=O)N1CCN(S(=O)(=O)c2cccc(CBr)c2)[C@H](C(=O)O)C1. The summed E-state index contributed by atoms with van der Waals surface area (Å²) in [6, 6.07) is 4.92. The van der Waals surface area contributed by atoms with E-state index in [1.54, 1.807) is 32.9 Å². The molecular weight excluding hydrogens is 440 g/mol. The number of sulfonamides is 1. The summed E-state index contributed by atoms with van der Waals surface area (Å²) >= 11 is 3.28. The topological polar surface area (TPSA) is 104 Å². The molecule has 2 rings (SSSR count). The maximum Gasteiger partial charge on any atom is 0.410 e. The van der Waals surface area contributed by atoms with Crippen molar-refractivity contribution in [2.45, 2.75) is 42.6 Å². The summed E-state index contributed by atoms with van der Waals surface area (Å²) in [6.07, 6.45) is -0.660. The fraction of sp³-hybridized carbons (Fsp3) is 0.529. The van der Waals surface area contributed by atoms with Crippen LogP contribution in [0.1, 0.15) is 26.3 Å². The Bertz CT molecular complexity index is 821. The normalized spacial score (nSPS) is 19.0. The third kappa shape index (κ3) is 5.20. The molecule has 1 aromatic rings. The first-order chi connectivity index (χ1) is 12.5. The fourth-order valence-electron chi connectivity index (χ4n) is 2.67. The number of amides is 1. The number of carboxylic acid groups (broad SMARTS) is 1. The van der Waals surface area contributed by atoms with Crippen LogP contribution in [0.5, 0.6) is 0 Å². The summed E-state index contributed by atoms with van der Waals surface area (Å²) < 4.78 is 32.2. The lowest BCUT2D eigenvalue weighted by atomic mass is 10.2. The molecular formula is C17H23BrN2O6S. The van der Waals surface area contributed by atoms with Crippen LogP contribution in [0.3, 0.4) is 0 Å². The van der Waals surface area contributed by atoms with Crippen molar-refractivity contribution in [3.8, 4) is 0 Å². The standard InChI is InChI=1S/C17H23BrN2O6S/c1-17(2,3)26-16(23)19-7-8-20(14(11-19)15(21)22)27(24,25)13-6-4-5-12(9-13)10-18/h4-6,9,14H,7-8,10-11H2,1-3H3,(H,21,22)/t14-/m0/s1. The van der Waals surface area contributed by atoms with Crippen molar-refractivity contribution in [1.29, 1.82) is 0 Å². The molecule has 0 bridgehead atoms. The number of rotatable bonds is 4. The second-order valence-electron chi connectivity index (χ2n) is 7.18. The molecule has 0 unspecified atom stereocenters. The Morgan fingerprint density at radius 2 is 1.96 bits per heavy atom. The van der Waals surface area contributed by atoms with E-state index < -0.39 is 33.7 Å². The molecule has 0 aromatic heterocycles. The van der Waals surface area contributed by atoms with Gasteiger partial charge in [0.05, 0.1) is 11.4 Å². The Morgan fingerprint density at radius 1 is 1.30 bits per heavy atom. The van der Waals surface area contributed by atoms with Crippen LogP contribution < -0.4 is 0 Å². The van der Waals surface area contributed by atoms with Gasteiger partial charge in [0.25, 0.3) is 0 Å². The van der Waals surface area contributed by atoms with Crippen LogP contribution in [-0.4, -0.2) is 66.1 Å². The summed E-state index contributed by atoms with van der Waals surface area (Å²) in [6.45, 7) is 4.76. The average Bonchev–Trinajstić information content (AvgIpc) is 2.59. The number of halogens is 1. The van der Waals surface area contributed by atoms with Crippen molar-refractivity contribution in [3.05, 3.63) is 29.8 Å². The van der Waals surface area contributed by atoms with E-state index in [1.807, 2.05) is 0 Å². The highest BCUT2D eigenvalue weighted by molar-refractivity contribution is 9.08. The van der Waals surface area contributed by atoms with E-state index >= 15 is 0 Å². The summed E-state index contributed by atoms with van der Waals surface area (Å²) in [5, 5.41) is 10.0. The van der Waals surface area contributed by atoms with E-state index in [-0.39, 0.29) is 24.5 Å². The van der Waals surface area contributed by atoms with Gasteiger partial charge in [0.1, 0.15) is 11.6 Å². The van der Waals surface area contributed by atoms with Crippen molar-refractivity contribution in [2.24, 2.45) is 0 Å².